The van der Waals surface area contributed by atoms with Crippen LogP contribution >= 0.6 is 11.3 Å². The molecule has 0 aliphatic carbocycles. The van der Waals surface area contributed by atoms with Crippen molar-refractivity contribution < 1.29 is 0 Å². The molecule has 2 unspecified atom stereocenters. The number of hydrogen-bond donors (Lipinski definition) is 1. The zero-order chi connectivity index (χ0) is 13.4. The lowest BCUT2D eigenvalue weighted by atomic mass is 10.2. The summed E-state index contributed by atoms with van der Waals surface area (Å²) in [5.74, 6) is 0. The molecule has 0 radical (unpaired) electrons. The topological polar surface area (TPSA) is 45.4 Å². The number of aromatic nitrogens is 1. The van der Waals surface area contributed by atoms with Gasteiger partial charge in [-0.15, -0.1) is 11.3 Å². The Kier molecular flexibility index (Phi) is 3.78. The second kappa shape index (κ2) is 5.38. The largest absolute Gasteiger partial charge is 0.346 e. The number of rotatable bonds is 3. The highest BCUT2D eigenvalue weighted by Crippen LogP contribution is 2.32. The molecule has 2 N–H and O–H groups in total. The molecule has 2 fully saturated rings. The minimum Gasteiger partial charge on any atom is -0.346 e. The fraction of sp³-hybridized carbons (Fsp3) is 0.786. The van der Waals surface area contributed by atoms with Crippen molar-refractivity contribution in [3.8, 4) is 0 Å². The summed E-state index contributed by atoms with van der Waals surface area (Å²) in [6.45, 7) is 8.99. The summed E-state index contributed by atoms with van der Waals surface area (Å²) in [7, 11) is 0. The van der Waals surface area contributed by atoms with E-state index in [4.69, 9.17) is 10.7 Å². The summed E-state index contributed by atoms with van der Waals surface area (Å²) in [5.41, 5.74) is 7.11. The van der Waals surface area contributed by atoms with E-state index in [1.54, 1.807) is 11.3 Å². The summed E-state index contributed by atoms with van der Waals surface area (Å²) in [6.07, 6.45) is 4.04. The number of nitrogens with zero attached hydrogens (tertiary/aromatic N) is 3. The van der Waals surface area contributed by atoms with Gasteiger partial charge in [-0.05, 0) is 46.2 Å². The predicted molar refractivity (Wildman–Crippen MR) is 80.9 cm³/mol. The molecule has 2 atom stereocenters. The van der Waals surface area contributed by atoms with Crippen LogP contribution in [0, 0.1) is 6.92 Å². The van der Waals surface area contributed by atoms with Gasteiger partial charge in [0.2, 0.25) is 0 Å². The number of nitrogens with two attached hydrogens (primary N) is 1. The van der Waals surface area contributed by atoms with Gasteiger partial charge in [0, 0.05) is 30.1 Å². The van der Waals surface area contributed by atoms with Crippen LogP contribution < -0.4 is 10.6 Å². The van der Waals surface area contributed by atoms with Crippen LogP contribution in [0.5, 0.6) is 0 Å². The van der Waals surface area contributed by atoms with E-state index in [-0.39, 0.29) is 6.04 Å². The SMILES string of the molecule is Cc1nc(N2CCC(N3CCCC3)C2)sc1C(C)N. The summed E-state index contributed by atoms with van der Waals surface area (Å²) < 4.78 is 0. The smallest absolute Gasteiger partial charge is 0.185 e. The maximum atomic E-state index is 6.00. The lowest BCUT2D eigenvalue weighted by Gasteiger charge is -2.23. The van der Waals surface area contributed by atoms with E-state index in [1.165, 1.54) is 42.4 Å². The molecule has 2 saturated heterocycles. The quantitative estimate of drug-likeness (QED) is 0.921. The van der Waals surface area contributed by atoms with Gasteiger partial charge in [-0.3, -0.25) is 4.90 Å². The molecule has 0 aromatic carbocycles. The molecular formula is C14H24N4S. The first kappa shape index (κ1) is 13.3. The van der Waals surface area contributed by atoms with Crippen LogP contribution in [-0.4, -0.2) is 42.1 Å². The van der Waals surface area contributed by atoms with E-state index in [0.29, 0.717) is 0 Å². The number of hydrogen-bond acceptors (Lipinski definition) is 5. The standard InChI is InChI=1S/C14H24N4S/c1-10(15)13-11(2)16-14(19-13)18-8-5-12(9-18)17-6-3-4-7-17/h10,12H,3-9,15H2,1-2H3. The van der Waals surface area contributed by atoms with E-state index in [1.807, 2.05) is 6.92 Å². The highest BCUT2D eigenvalue weighted by molar-refractivity contribution is 7.15. The first-order chi connectivity index (χ1) is 9.15. The van der Waals surface area contributed by atoms with Crippen LogP contribution in [0.25, 0.3) is 0 Å². The molecule has 0 spiro atoms. The molecule has 2 aliphatic heterocycles. The average molecular weight is 280 g/mol. The summed E-state index contributed by atoms with van der Waals surface area (Å²) >= 11 is 1.78. The molecule has 3 heterocycles. The molecule has 1 aromatic heterocycles. The van der Waals surface area contributed by atoms with Crippen molar-refractivity contribution in [1.29, 1.82) is 0 Å². The van der Waals surface area contributed by atoms with Gasteiger partial charge in [-0.1, -0.05) is 0 Å². The zero-order valence-electron chi connectivity index (χ0n) is 11.9. The first-order valence-electron chi connectivity index (χ1n) is 7.37. The van der Waals surface area contributed by atoms with E-state index in [2.05, 4.69) is 16.7 Å². The molecule has 2 aliphatic rings. The lowest BCUT2D eigenvalue weighted by Crippen LogP contribution is -2.35. The number of thiazole rings is 1. The van der Waals surface area contributed by atoms with Gasteiger partial charge < -0.3 is 10.6 Å². The highest BCUT2D eigenvalue weighted by atomic mass is 32.1. The number of aryl methyl sites for hydroxylation is 1. The van der Waals surface area contributed by atoms with Gasteiger partial charge in [0.1, 0.15) is 0 Å². The summed E-state index contributed by atoms with van der Waals surface area (Å²) in [4.78, 5) is 11.1. The molecule has 0 amide bonds. The van der Waals surface area contributed by atoms with Crippen molar-refractivity contribution in [3.05, 3.63) is 10.6 Å². The van der Waals surface area contributed by atoms with Crippen LogP contribution in [0.4, 0.5) is 5.13 Å². The monoisotopic (exact) mass is 280 g/mol. The van der Waals surface area contributed by atoms with E-state index < -0.39 is 0 Å². The van der Waals surface area contributed by atoms with Gasteiger partial charge in [0.05, 0.1) is 5.69 Å². The Bertz CT molecular complexity index is 437. The van der Waals surface area contributed by atoms with Gasteiger partial charge in [0.25, 0.3) is 0 Å². The molecule has 19 heavy (non-hydrogen) atoms. The van der Waals surface area contributed by atoms with Crippen molar-refractivity contribution in [1.82, 2.24) is 9.88 Å². The molecular weight excluding hydrogens is 256 g/mol. The Morgan fingerprint density at radius 1 is 1.32 bits per heavy atom. The van der Waals surface area contributed by atoms with Crippen molar-refractivity contribution in [3.63, 3.8) is 0 Å². The molecule has 1 aromatic rings. The maximum Gasteiger partial charge on any atom is 0.185 e. The van der Waals surface area contributed by atoms with Crippen LogP contribution in [0.2, 0.25) is 0 Å². The van der Waals surface area contributed by atoms with E-state index in [9.17, 15) is 0 Å². The molecule has 5 heteroatoms. The number of likely N-dealkylation sites (tertiary alicyclic amines) is 1. The van der Waals surface area contributed by atoms with Crippen molar-refractivity contribution in [2.24, 2.45) is 5.73 Å². The third kappa shape index (κ3) is 2.64. The van der Waals surface area contributed by atoms with Crippen LogP contribution in [0.1, 0.15) is 42.8 Å². The summed E-state index contributed by atoms with van der Waals surface area (Å²) in [6, 6.07) is 0.841. The molecule has 4 nitrogen and oxygen atoms in total. The van der Waals surface area contributed by atoms with Gasteiger partial charge in [-0.2, -0.15) is 0 Å². The van der Waals surface area contributed by atoms with Crippen molar-refractivity contribution in [2.75, 3.05) is 31.1 Å². The lowest BCUT2D eigenvalue weighted by molar-refractivity contribution is 0.260. The Hall–Kier alpha value is -0.650. The van der Waals surface area contributed by atoms with Gasteiger partial charge >= 0.3 is 0 Å². The molecule has 0 saturated carbocycles. The first-order valence-corrected chi connectivity index (χ1v) is 8.18. The zero-order valence-corrected chi connectivity index (χ0v) is 12.7. The average Bonchev–Trinajstić information content (AvgIpc) is 3.08. The van der Waals surface area contributed by atoms with Crippen LogP contribution in [0.15, 0.2) is 0 Å². The Morgan fingerprint density at radius 2 is 2.05 bits per heavy atom. The van der Waals surface area contributed by atoms with Crippen LogP contribution in [-0.2, 0) is 0 Å². The second-order valence-corrected chi connectivity index (χ2v) is 6.88. The predicted octanol–water partition coefficient (Wildman–Crippen LogP) is 2.15. The fourth-order valence-corrected chi connectivity index (χ4v) is 4.33. The van der Waals surface area contributed by atoms with E-state index >= 15 is 0 Å². The fourth-order valence-electron chi connectivity index (χ4n) is 3.27. The Labute approximate surface area is 119 Å². The van der Waals surface area contributed by atoms with Gasteiger partial charge in [0.15, 0.2) is 5.13 Å². The molecule has 106 valence electrons. The highest BCUT2D eigenvalue weighted by Gasteiger charge is 2.30. The minimum absolute atomic E-state index is 0.100. The normalized spacial score (nSPS) is 26.3. The van der Waals surface area contributed by atoms with E-state index in [0.717, 1.165) is 24.8 Å². The minimum atomic E-state index is 0.100. The van der Waals surface area contributed by atoms with Crippen molar-refractivity contribution in [2.45, 2.75) is 45.2 Å². The molecule has 0 bridgehead atoms. The second-order valence-electron chi connectivity index (χ2n) is 5.87. The summed E-state index contributed by atoms with van der Waals surface area (Å²) in [5, 5.41) is 1.17. The molecule has 3 rings (SSSR count). The third-order valence-corrected chi connectivity index (χ3v) is 5.74. The Morgan fingerprint density at radius 3 is 2.68 bits per heavy atom. The maximum absolute atomic E-state index is 6.00. The number of anilines is 1. The van der Waals surface area contributed by atoms with Crippen LogP contribution in [0.3, 0.4) is 0 Å². The third-order valence-electron chi connectivity index (χ3n) is 4.33. The van der Waals surface area contributed by atoms with Gasteiger partial charge in [-0.25, -0.2) is 4.98 Å². The van der Waals surface area contributed by atoms with Crippen molar-refractivity contribution >= 4 is 16.5 Å². The Balaban J connectivity index is 1.68.